The molecule has 11 nitrogen and oxygen atoms in total. The molecule has 0 N–H and O–H groups in total. The molecule has 5 aliphatic heterocycles. The molecule has 5 radical (unpaired) electrons. The van der Waals surface area contributed by atoms with Gasteiger partial charge in [-0.2, -0.15) is 0 Å². The topological polar surface area (TPSA) is 123 Å². The van der Waals surface area contributed by atoms with Gasteiger partial charge in [-0.25, -0.2) is 0 Å². The fourth-order valence-corrected chi connectivity index (χ4v) is 40.4. The monoisotopic (exact) mass is 1730 g/mol. The van der Waals surface area contributed by atoms with E-state index in [0.29, 0.717) is 0 Å². The molecule has 0 fully saturated rings. The second-order valence-corrected chi connectivity index (χ2v) is 56.9. The smallest absolute Gasteiger partial charge is 0.494 e. The predicted octanol–water partition coefficient (Wildman–Crippen LogP) is 10.8. The van der Waals surface area contributed by atoms with Crippen LogP contribution in [0.3, 0.4) is 0 Å². The first-order valence-corrected chi connectivity index (χ1v) is 56.9. The second kappa shape index (κ2) is 33.2. The number of pyridine rings is 6. The van der Waals surface area contributed by atoms with E-state index in [2.05, 4.69) is 328 Å². The molecule has 0 unspecified atom stereocenters. The van der Waals surface area contributed by atoms with E-state index in [1.54, 1.807) is 6.20 Å². The fourth-order valence-electron chi connectivity index (χ4n) is 19.4. The number of fused-ring (bicyclic) bond motifs is 19. The van der Waals surface area contributed by atoms with E-state index in [-0.39, 0.29) is 10.8 Å². The summed E-state index contributed by atoms with van der Waals surface area (Å²) in [4.78, 5) is 28.7. The highest BCUT2D eigenvalue weighted by Crippen LogP contribution is 2.42. The molecule has 0 atom stereocenters. The molecule has 0 saturated carbocycles. The predicted molar refractivity (Wildman–Crippen MR) is 522 cm³/mol. The minimum atomic E-state index is -2.48. The molecule has 121 heavy (non-hydrogen) atoms. The van der Waals surface area contributed by atoms with E-state index >= 15 is 0 Å². The van der Waals surface area contributed by atoms with Crippen LogP contribution in [0.1, 0.15) is 52.7 Å². The van der Waals surface area contributed by atoms with E-state index in [4.69, 9.17) is 43.9 Å². The van der Waals surface area contributed by atoms with E-state index in [0.717, 1.165) is 68.3 Å². The van der Waals surface area contributed by atoms with Gasteiger partial charge in [0.1, 0.15) is 30.0 Å². The van der Waals surface area contributed by atoms with Crippen molar-refractivity contribution in [2.24, 2.45) is 0 Å². The third kappa shape index (κ3) is 14.1. The third-order valence-electron chi connectivity index (χ3n) is 25.3. The highest BCUT2D eigenvalue weighted by atomic mass is 28.3. The molecule has 587 valence electrons. The van der Waals surface area contributed by atoms with E-state index in [9.17, 15) is 0 Å². The summed E-state index contributed by atoms with van der Waals surface area (Å²) in [6.45, 7) is 28.0. The zero-order chi connectivity index (χ0) is 84.5. The molecule has 0 saturated heterocycles. The lowest BCUT2D eigenvalue weighted by molar-refractivity contribution is 0.588. The number of hydrogen-bond donors (Lipinski definition) is 0. The van der Waals surface area contributed by atoms with Gasteiger partial charge in [0, 0.05) is 70.4 Å². The maximum Gasteiger partial charge on any atom is 0.494 e. The Labute approximate surface area is 757 Å². The summed E-state index contributed by atoms with van der Waals surface area (Å²) in [5.41, 5.74) is 14.3. The van der Waals surface area contributed by atoms with Crippen LogP contribution in [-0.2, 0) is 10.8 Å². The van der Waals surface area contributed by atoms with Crippen LogP contribution in [0.15, 0.2) is 310 Å². The maximum absolute atomic E-state index is 5.79. The Hall–Kier alpha value is -9.63. The van der Waals surface area contributed by atoms with Crippen LogP contribution in [0.4, 0.5) is 0 Å². The molecule has 10 aromatic carbocycles. The lowest BCUT2D eigenvalue weighted by atomic mass is 9.86. The summed E-state index contributed by atoms with van der Waals surface area (Å²) in [5.74, 6) is 4.57. The molecule has 0 amide bonds. The van der Waals surface area contributed by atoms with Gasteiger partial charge in [0.2, 0.25) is 0 Å². The van der Waals surface area contributed by atoms with Crippen LogP contribution >= 0.6 is 0 Å². The molecule has 21 rings (SSSR count). The lowest BCUT2D eigenvalue weighted by Gasteiger charge is -2.31. The van der Waals surface area contributed by atoms with Crippen molar-refractivity contribution in [1.29, 1.82) is 0 Å². The Bertz CT molecular complexity index is 6420. The Morgan fingerprint density at radius 3 is 1.06 bits per heavy atom. The summed E-state index contributed by atoms with van der Waals surface area (Å²) in [7, 11) is -10.1. The van der Waals surface area contributed by atoms with Crippen molar-refractivity contribution >= 4 is 218 Å². The lowest BCUT2D eigenvalue weighted by Crippen LogP contribution is -2.72. The summed E-state index contributed by atoms with van der Waals surface area (Å²) in [5, 5.41) is 24.5. The molecule has 0 spiro atoms. The van der Waals surface area contributed by atoms with Gasteiger partial charge >= 0.3 is 83.1 Å². The average molecular weight is 1730 g/mol. The minimum absolute atomic E-state index is 0.132. The molecule has 6 aromatic heterocycles. The zero-order valence-electron chi connectivity index (χ0n) is 70.7. The van der Waals surface area contributed by atoms with Gasteiger partial charge in [0.15, 0.2) is 16.1 Å². The van der Waals surface area contributed by atoms with Crippen molar-refractivity contribution in [1.82, 2.24) is 29.9 Å². The standard InChI is InChI=1S/C23H17NOSi.C22H16N2OSi.C21H23NOSi.C17H15NOSi.C17H21NOSi.5Al.5H/c25-19-13-7-14-20-22(19)23-21(15-8-16-24-23)26(20,17-9-3-1-4-10-17)18-11-5-2-6-12-18;25-18-14-23-15-20-21(18)22-19(12-7-13-24-22)26(20,16-8-3-1-4-9-16)17-10-5-2-6-11-17;1-21(2,3)14-9-10-15-13(11-14)12-22-19-18-16(23)7-6-8-17(18)24(4,5)20(15)19;1-20(2)14-9-5-8-13(19)15(14)16-17(20)12-7-4-3-6-11(12)10-18-16;1-17(2,3)11-9-14-16(18-10-11)15-12(19)7-6-8-13(15)20(14,4)5;;;;;;;;;;/h1-16,25H;1-15,25H;6-12,23H,1-5H3;3-10,19H,1-2H3;6-10,19H,1-5H3;;;;;;;;;;/q;;;;;5*+1;;;;;/p-5. The normalized spacial score (nSPS) is 14.4. The highest BCUT2D eigenvalue weighted by Gasteiger charge is 2.53. The van der Waals surface area contributed by atoms with Crippen molar-refractivity contribution < 1.29 is 18.9 Å². The molecule has 21 heteroatoms. The third-order valence-corrected chi connectivity index (χ3v) is 47.0. The van der Waals surface area contributed by atoms with Gasteiger partial charge in [-0.1, -0.05) is 305 Å². The van der Waals surface area contributed by atoms with Crippen molar-refractivity contribution in [3.63, 3.8) is 0 Å². The van der Waals surface area contributed by atoms with Gasteiger partial charge in [-0.05, 0) is 153 Å². The highest BCUT2D eigenvalue weighted by molar-refractivity contribution is 7.23. The van der Waals surface area contributed by atoms with Gasteiger partial charge in [0.05, 0.1) is 57.7 Å². The molecular weight excluding hydrogens is 1640 g/mol. The molecule has 0 aliphatic carbocycles. The quantitative estimate of drug-likeness (QED) is 0.128. The SMILES string of the molecule is CC(C)(C)c1ccc2c3c(ncc2c1)-c1c([O][AlH])cccc1[Si]3(C)C.CC(C)(C)c1cnc2c(c1)[Si](C)(C)c1cccc([O][AlH])c1-2.C[Si]1(C)c2cccc([O][AlH])c2-c2ncc3ccccc3c21.[AlH][O]c1cccc2c1-c1ncccc1[Si]2(c1ccccc1)c1ccccc1.[AlH][O]c1cncc2c1-c1ncccc1[Si]2(c1ccccc1)c1ccccc1. The number of benzene rings is 10. The minimum Gasteiger partial charge on any atom is -0.650 e. The van der Waals surface area contributed by atoms with Crippen LogP contribution in [0.2, 0.25) is 39.3 Å². The summed E-state index contributed by atoms with van der Waals surface area (Å²) in [6.07, 6.45) is 13.6. The Morgan fingerprint density at radius 1 is 0.256 bits per heavy atom. The van der Waals surface area contributed by atoms with E-state index < -0.39 is 40.4 Å². The molecule has 5 aliphatic rings. The van der Waals surface area contributed by atoms with Gasteiger partial charge in [-0.15, -0.1) is 0 Å². The first kappa shape index (κ1) is 83.6. The van der Waals surface area contributed by atoms with Gasteiger partial charge < -0.3 is 18.9 Å². The number of hydrogen-bond acceptors (Lipinski definition) is 11. The molecule has 16 aromatic rings. The number of aromatic nitrogens is 6. The second-order valence-electron chi connectivity index (χ2n) is 35.1. The Kier molecular flexibility index (Phi) is 23.0. The summed E-state index contributed by atoms with van der Waals surface area (Å²) in [6, 6.07) is 95.6. The Morgan fingerprint density at radius 2 is 0.612 bits per heavy atom. The van der Waals surface area contributed by atoms with Crippen LogP contribution < -0.4 is 91.6 Å². The van der Waals surface area contributed by atoms with Crippen molar-refractivity contribution in [3.8, 4) is 85.0 Å². The van der Waals surface area contributed by atoms with Crippen molar-refractivity contribution in [2.45, 2.75) is 91.7 Å². The first-order valence-electron chi connectivity index (χ1n) is 41.0. The van der Waals surface area contributed by atoms with Crippen LogP contribution in [0.25, 0.3) is 77.8 Å². The molecule has 0 bridgehead atoms. The molecule has 11 heterocycles. The van der Waals surface area contributed by atoms with Crippen molar-refractivity contribution in [2.75, 3.05) is 0 Å². The zero-order valence-corrected chi connectivity index (χ0v) is 82.8. The molecular formula is C100H92Al5N6O5Si5. The van der Waals surface area contributed by atoms with Gasteiger partial charge in [0.25, 0.3) is 0 Å². The van der Waals surface area contributed by atoms with E-state index in [1.807, 2.05) is 61.4 Å². The van der Waals surface area contributed by atoms with Crippen LogP contribution in [0, 0.1) is 0 Å². The summed E-state index contributed by atoms with van der Waals surface area (Å²) < 4.78 is 28.5. The van der Waals surface area contributed by atoms with Crippen LogP contribution in [0.5, 0.6) is 28.7 Å². The largest absolute Gasteiger partial charge is 0.650 e. The number of nitrogens with zero attached hydrogens (tertiary/aromatic N) is 6. The van der Waals surface area contributed by atoms with E-state index in [1.165, 1.54) is 205 Å². The number of rotatable bonds is 9. The average Bonchev–Trinajstić information content (AvgIpc) is 1.47. The maximum atomic E-state index is 5.79. The van der Waals surface area contributed by atoms with Gasteiger partial charge in [-0.3, -0.25) is 29.9 Å². The van der Waals surface area contributed by atoms with Crippen molar-refractivity contribution in [3.05, 3.63) is 321 Å². The summed E-state index contributed by atoms with van der Waals surface area (Å²) >= 11 is 7.62. The Balaban J connectivity index is 0.000000108. The van der Waals surface area contributed by atoms with Crippen LogP contribution in [-0.4, -0.2) is 153 Å². The first-order chi connectivity index (χ1) is 58.4. The fraction of sp³-hybridized carbons (Fsp3) is 0.140.